The molecule has 2 aliphatic rings. The molecule has 0 unspecified atom stereocenters. The van der Waals surface area contributed by atoms with Crippen molar-refractivity contribution in [2.45, 2.75) is 31.7 Å². The second-order valence-electron chi connectivity index (χ2n) is 5.16. The summed E-state index contributed by atoms with van der Waals surface area (Å²) in [6.07, 6.45) is 2.38. The van der Waals surface area contributed by atoms with E-state index in [1.807, 2.05) is 0 Å². The fraction of sp³-hybridized carbons (Fsp3) is 0.909. The lowest BCUT2D eigenvalue weighted by Crippen LogP contribution is -2.51. The number of nitrogens with zero attached hydrogens (tertiary/aromatic N) is 1. The Morgan fingerprint density at radius 2 is 1.74 bits per heavy atom. The molecular formula is C11H21N3O4S. The van der Waals surface area contributed by atoms with Crippen LogP contribution in [0.15, 0.2) is 0 Å². The molecule has 0 spiro atoms. The summed E-state index contributed by atoms with van der Waals surface area (Å²) in [7, 11) is -3.47. The number of rotatable bonds is 4. The molecule has 0 aromatic heterocycles. The van der Waals surface area contributed by atoms with E-state index >= 15 is 0 Å². The Balaban J connectivity index is 1.88. The minimum Gasteiger partial charge on any atom is -0.481 e. The summed E-state index contributed by atoms with van der Waals surface area (Å²) in [5, 5.41) is 12.1. The molecule has 2 heterocycles. The van der Waals surface area contributed by atoms with Gasteiger partial charge in [0.2, 0.25) is 0 Å². The van der Waals surface area contributed by atoms with Gasteiger partial charge in [-0.05, 0) is 38.8 Å². The first-order valence-electron chi connectivity index (χ1n) is 6.70. The summed E-state index contributed by atoms with van der Waals surface area (Å²) >= 11 is 0. The molecule has 2 aliphatic heterocycles. The maximum atomic E-state index is 12.2. The first kappa shape index (κ1) is 14.7. The number of carboxylic acids is 1. The van der Waals surface area contributed by atoms with E-state index in [9.17, 15) is 13.2 Å². The van der Waals surface area contributed by atoms with Gasteiger partial charge in [-0.3, -0.25) is 4.79 Å². The molecule has 0 saturated carbocycles. The molecule has 3 N–H and O–H groups in total. The lowest BCUT2D eigenvalue weighted by atomic mass is 9.99. The van der Waals surface area contributed by atoms with Crippen LogP contribution < -0.4 is 10.0 Å². The van der Waals surface area contributed by atoms with Gasteiger partial charge in [-0.2, -0.15) is 17.4 Å². The molecule has 2 fully saturated rings. The van der Waals surface area contributed by atoms with Crippen molar-refractivity contribution in [2.75, 3.05) is 26.2 Å². The predicted molar refractivity (Wildman–Crippen MR) is 69.9 cm³/mol. The largest absolute Gasteiger partial charge is 0.481 e. The first-order chi connectivity index (χ1) is 8.99. The van der Waals surface area contributed by atoms with Crippen LogP contribution in [0.5, 0.6) is 0 Å². The molecule has 2 saturated heterocycles. The Morgan fingerprint density at radius 1 is 1.16 bits per heavy atom. The van der Waals surface area contributed by atoms with Gasteiger partial charge in [-0.25, -0.2) is 0 Å². The van der Waals surface area contributed by atoms with Gasteiger partial charge < -0.3 is 10.4 Å². The Hall–Kier alpha value is -0.700. The summed E-state index contributed by atoms with van der Waals surface area (Å²) in [6, 6.07) is -0.0107. The molecule has 2 rings (SSSR count). The molecule has 0 bridgehead atoms. The van der Waals surface area contributed by atoms with E-state index in [0.29, 0.717) is 12.8 Å². The van der Waals surface area contributed by atoms with Crippen molar-refractivity contribution in [3.05, 3.63) is 0 Å². The highest BCUT2D eigenvalue weighted by Crippen LogP contribution is 2.19. The smallest absolute Gasteiger partial charge is 0.306 e. The normalized spacial score (nSPS) is 24.4. The average Bonchev–Trinajstić information content (AvgIpc) is 2.39. The van der Waals surface area contributed by atoms with Crippen molar-refractivity contribution in [1.82, 2.24) is 14.3 Å². The second kappa shape index (κ2) is 6.17. The minimum absolute atomic E-state index is 0.0107. The van der Waals surface area contributed by atoms with Gasteiger partial charge in [-0.15, -0.1) is 0 Å². The summed E-state index contributed by atoms with van der Waals surface area (Å²) in [4.78, 5) is 10.8. The average molecular weight is 291 g/mol. The highest BCUT2D eigenvalue weighted by Gasteiger charge is 2.32. The van der Waals surface area contributed by atoms with E-state index in [0.717, 1.165) is 25.9 Å². The summed E-state index contributed by atoms with van der Waals surface area (Å²) in [5.41, 5.74) is 0. The van der Waals surface area contributed by atoms with Crippen LogP contribution in [0, 0.1) is 5.92 Å². The van der Waals surface area contributed by atoms with E-state index in [-0.39, 0.29) is 19.1 Å². The predicted octanol–water partition coefficient (Wildman–Crippen LogP) is -0.631. The van der Waals surface area contributed by atoms with Crippen LogP contribution in [0.4, 0.5) is 0 Å². The third-order valence-corrected chi connectivity index (χ3v) is 5.47. The molecule has 0 radical (unpaired) electrons. The molecule has 7 nitrogen and oxygen atoms in total. The van der Waals surface area contributed by atoms with Crippen LogP contribution in [-0.2, 0) is 15.0 Å². The third-order valence-electron chi connectivity index (χ3n) is 3.80. The summed E-state index contributed by atoms with van der Waals surface area (Å²) in [6.45, 7) is 2.23. The molecule has 19 heavy (non-hydrogen) atoms. The zero-order valence-corrected chi connectivity index (χ0v) is 11.7. The van der Waals surface area contributed by atoms with Crippen LogP contribution in [-0.4, -0.2) is 56.0 Å². The Labute approximate surface area is 113 Å². The van der Waals surface area contributed by atoms with Gasteiger partial charge in [0.25, 0.3) is 10.2 Å². The van der Waals surface area contributed by atoms with Crippen molar-refractivity contribution in [3.8, 4) is 0 Å². The number of aliphatic carboxylic acids is 1. The zero-order chi connectivity index (χ0) is 13.9. The highest BCUT2D eigenvalue weighted by atomic mass is 32.2. The Kier molecular flexibility index (Phi) is 4.77. The number of carboxylic acid groups (broad SMARTS) is 1. The quantitative estimate of drug-likeness (QED) is 0.640. The number of piperidine rings is 2. The second-order valence-corrected chi connectivity index (χ2v) is 6.86. The first-order valence-corrected chi connectivity index (χ1v) is 8.14. The molecule has 0 aromatic carbocycles. The third kappa shape index (κ3) is 3.88. The minimum atomic E-state index is -3.47. The number of hydrogen-bond donors (Lipinski definition) is 3. The molecule has 110 valence electrons. The van der Waals surface area contributed by atoms with Crippen molar-refractivity contribution in [3.63, 3.8) is 0 Å². The maximum Gasteiger partial charge on any atom is 0.306 e. The van der Waals surface area contributed by atoms with E-state index in [2.05, 4.69) is 10.0 Å². The fourth-order valence-electron chi connectivity index (χ4n) is 2.57. The van der Waals surface area contributed by atoms with Gasteiger partial charge in [0.05, 0.1) is 5.92 Å². The van der Waals surface area contributed by atoms with Crippen LogP contribution >= 0.6 is 0 Å². The summed E-state index contributed by atoms with van der Waals surface area (Å²) < 4.78 is 28.4. The van der Waals surface area contributed by atoms with E-state index < -0.39 is 22.1 Å². The lowest BCUT2D eigenvalue weighted by Gasteiger charge is -2.32. The highest BCUT2D eigenvalue weighted by molar-refractivity contribution is 7.87. The number of carbonyl (C=O) groups is 1. The van der Waals surface area contributed by atoms with Gasteiger partial charge in [0.1, 0.15) is 0 Å². The molecule has 0 amide bonds. The van der Waals surface area contributed by atoms with Crippen LogP contribution in [0.1, 0.15) is 25.7 Å². The van der Waals surface area contributed by atoms with Crippen molar-refractivity contribution >= 4 is 16.2 Å². The molecule has 0 atom stereocenters. The Bertz CT molecular complexity index is 412. The van der Waals surface area contributed by atoms with Gasteiger partial charge >= 0.3 is 5.97 Å². The van der Waals surface area contributed by atoms with Gasteiger partial charge in [-0.1, -0.05) is 0 Å². The number of nitrogens with one attached hydrogen (secondary N) is 2. The SMILES string of the molecule is O=C(O)C1CCN(S(=O)(=O)NC2CCNCC2)CC1. The van der Waals surface area contributed by atoms with Crippen LogP contribution in [0.2, 0.25) is 0 Å². The monoisotopic (exact) mass is 291 g/mol. The van der Waals surface area contributed by atoms with Crippen LogP contribution in [0.25, 0.3) is 0 Å². The van der Waals surface area contributed by atoms with Crippen molar-refractivity contribution in [1.29, 1.82) is 0 Å². The fourth-order valence-corrected chi connectivity index (χ4v) is 4.07. The number of hydrogen-bond acceptors (Lipinski definition) is 4. The van der Waals surface area contributed by atoms with Crippen molar-refractivity contribution in [2.24, 2.45) is 5.92 Å². The standard InChI is InChI=1S/C11H21N3O4S/c15-11(16)9-3-7-14(8-4-9)19(17,18)13-10-1-5-12-6-2-10/h9-10,12-13H,1-8H2,(H,15,16). The Morgan fingerprint density at radius 3 is 2.26 bits per heavy atom. The molecule has 0 aliphatic carbocycles. The van der Waals surface area contributed by atoms with E-state index in [4.69, 9.17) is 5.11 Å². The molecule has 8 heteroatoms. The molecule has 0 aromatic rings. The molecular weight excluding hydrogens is 270 g/mol. The van der Waals surface area contributed by atoms with E-state index in [1.54, 1.807) is 0 Å². The van der Waals surface area contributed by atoms with Gasteiger partial charge in [0.15, 0.2) is 0 Å². The van der Waals surface area contributed by atoms with Crippen molar-refractivity contribution < 1.29 is 18.3 Å². The lowest BCUT2D eigenvalue weighted by molar-refractivity contribution is -0.142. The van der Waals surface area contributed by atoms with Crippen LogP contribution in [0.3, 0.4) is 0 Å². The maximum absolute atomic E-state index is 12.2. The van der Waals surface area contributed by atoms with E-state index in [1.165, 1.54) is 4.31 Å². The van der Waals surface area contributed by atoms with Gasteiger partial charge in [0, 0.05) is 19.1 Å². The summed E-state index contributed by atoms with van der Waals surface area (Å²) in [5.74, 6) is -1.24. The topological polar surface area (TPSA) is 98.7 Å². The zero-order valence-electron chi connectivity index (χ0n) is 10.8.